The van der Waals surface area contributed by atoms with E-state index in [0.717, 1.165) is 16.3 Å². The zero-order valence-electron chi connectivity index (χ0n) is 13.1. The number of carbonyl (C=O) groups is 1. The van der Waals surface area contributed by atoms with Gasteiger partial charge in [0.25, 0.3) is 0 Å². The lowest BCUT2D eigenvalue weighted by Crippen LogP contribution is -2.05. The van der Waals surface area contributed by atoms with Crippen molar-refractivity contribution < 1.29 is 13.6 Å². The van der Waals surface area contributed by atoms with E-state index < -0.39 is 0 Å². The minimum atomic E-state index is -0.361. The molecule has 0 amide bonds. The molecule has 0 aliphatic carbocycles. The van der Waals surface area contributed by atoms with Crippen molar-refractivity contribution in [1.29, 1.82) is 0 Å². The second kappa shape index (κ2) is 6.28. The minimum Gasteiger partial charge on any atom is -0.444 e. The van der Waals surface area contributed by atoms with Gasteiger partial charge in [-0.1, -0.05) is 12.1 Å². The molecule has 0 N–H and O–H groups in total. The van der Waals surface area contributed by atoms with E-state index in [4.69, 9.17) is 4.42 Å². The summed E-state index contributed by atoms with van der Waals surface area (Å²) in [6, 6.07) is 13.3. The van der Waals surface area contributed by atoms with E-state index in [2.05, 4.69) is 9.97 Å². The Kier molecular flexibility index (Phi) is 3.82. The van der Waals surface area contributed by atoms with Gasteiger partial charge in [0.05, 0.1) is 12.6 Å². The van der Waals surface area contributed by atoms with E-state index in [1.54, 1.807) is 12.4 Å². The zero-order chi connectivity index (χ0) is 17.2. The minimum absolute atomic E-state index is 0.0989. The quantitative estimate of drug-likeness (QED) is 0.518. The van der Waals surface area contributed by atoms with Gasteiger partial charge in [-0.05, 0) is 41.8 Å². The number of halogens is 1. The molecule has 0 saturated heterocycles. The predicted molar refractivity (Wildman–Crippen MR) is 91.7 cm³/mol. The number of nitrogens with zero attached hydrogens (tertiary/aromatic N) is 2. The van der Waals surface area contributed by atoms with Crippen LogP contribution in [-0.2, 0) is 6.42 Å². The van der Waals surface area contributed by atoms with Gasteiger partial charge >= 0.3 is 0 Å². The van der Waals surface area contributed by atoms with Crippen molar-refractivity contribution in [1.82, 2.24) is 9.97 Å². The van der Waals surface area contributed by atoms with Crippen molar-refractivity contribution in [2.45, 2.75) is 6.42 Å². The van der Waals surface area contributed by atoms with Crippen molar-refractivity contribution in [3.63, 3.8) is 0 Å². The van der Waals surface area contributed by atoms with Crippen molar-refractivity contribution in [3.8, 4) is 11.3 Å². The van der Waals surface area contributed by atoms with Crippen LogP contribution in [0.3, 0.4) is 0 Å². The molecule has 4 aromatic rings. The number of oxazole rings is 1. The molecular weight excluding hydrogens is 319 g/mol. The molecule has 0 radical (unpaired) electrons. The number of fused-ring (bicyclic) bond motifs is 1. The highest BCUT2D eigenvalue weighted by Crippen LogP contribution is 2.24. The Labute approximate surface area is 143 Å². The maximum absolute atomic E-state index is 13.0. The first-order chi connectivity index (χ1) is 12.2. The molecule has 4 nitrogen and oxygen atoms in total. The Hall–Kier alpha value is -3.34. The molecule has 0 aliphatic heterocycles. The van der Waals surface area contributed by atoms with Crippen molar-refractivity contribution >= 4 is 16.6 Å². The van der Waals surface area contributed by atoms with Gasteiger partial charge in [-0.25, -0.2) is 9.37 Å². The largest absolute Gasteiger partial charge is 0.444 e. The Morgan fingerprint density at radius 2 is 1.84 bits per heavy atom. The SMILES string of the molecule is O=C(Cc1cc2cc(-c3cnco3)ccc2cn1)c1ccc(F)cc1. The summed E-state index contributed by atoms with van der Waals surface area (Å²) in [6.45, 7) is 0. The van der Waals surface area contributed by atoms with E-state index in [9.17, 15) is 9.18 Å². The maximum Gasteiger partial charge on any atom is 0.181 e. The summed E-state index contributed by atoms with van der Waals surface area (Å²) in [6.07, 6.45) is 4.95. The first-order valence-electron chi connectivity index (χ1n) is 7.75. The van der Waals surface area contributed by atoms with Gasteiger partial charge in [0.15, 0.2) is 17.9 Å². The van der Waals surface area contributed by atoms with Crippen molar-refractivity contribution in [3.05, 3.63) is 84.4 Å². The van der Waals surface area contributed by atoms with Crippen LogP contribution in [-0.4, -0.2) is 15.8 Å². The Bertz CT molecular complexity index is 1040. The number of hydrogen-bond acceptors (Lipinski definition) is 4. The van der Waals surface area contributed by atoms with Gasteiger partial charge in [0.2, 0.25) is 0 Å². The van der Waals surface area contributed by atoms with E-state index in [0.29, 0.717) is 17.0 Å². The summed E-state index contributed by atoms with van der Waals surface area (Å²) in [4.78, 5) is 20.6. The third-order valence-corrected chi connectivity index (χ3v) is 4.00. The number of aromatic nitrogens is 2. The Morgan fingerprint density at radius 1 is 1.00 bits per heavy atom. The van der Waals surface area contributed by atoms with Crippen LogP contribution in [0.1, 0.15) is 16.1 Å². The van der Waals surface area contributed by atoms with E-state index >= 15 is 0 Å². The van der Waals surface area contributed by atoms with E-state index in [1.807, 2.05) is 24.3 Å². The number of ketones is 1. The standard InChI is InChI=1S/C20H13FN2O2/c21-17-5-3-13(4-6-17)19(24)9-18-8-16-7-14(20-11-22-12-25-20)1-2-15(16)10-23-18/h1-8,10-12H,9H2. The number of benzene rings is 2. The first kappa shape index (κ1) is 15.2. The topological polar surface area (TPSA) is 56.0 Å². The Balaban J connectivity index is 1.63. The molecule has 0 aliphatic rings. The number of hydrogen-bond donors (Lipinski definition) is 0. The summed E-state index contributed by atoms with van der Waals surface area (Å²) in [7, 11) is 0. The average Bonchev–Trinajstić information content (AvgIpc) is 3.16. The van der Waals surface area contributed by atoms with Crippen LogP contribution in [0.15, 0.2) is 71.7 Å². The molecule has 25 heavy (non-hydrogen) atoms. The van der Waals surface area contributed by atoms with Crippen LogP contribution in [0.4, 0.5) is 4.39 Å². The summed E-state index contributed by atoms with van der Waals surface area (Å²) in [5.41, 5.74) is 2.04. The third kappa shape index (κ3) is 3.17. The monoisotopic (exact) mass is 332 g/mol. The molecule has 0 atom stereocenters. The Morgan fingerprint density at radius 3 is 2.60 bits per heavy atom. The molecule has 0 unspecified atom stereocenters. The summed E-state index contributed by atoms with van der Waals surface area (Å²) in [5, 5.41) is 1.94. The smallest absolute Gasteiger partial charge is 0.181 e. The fourth-order valence-corrected chi connectivity index (χ4v) is 2.70. The number of pyridine rings is 1. The van der Waals surface area contributed by atoms with Crippen LogP contribution in [0.25, 0.3) is 22.1 Å². The molecule has 0 saturated carbocycles. The van der Waals surface area contributed by atoms with Crippen molar-refractivity contribution in [2.75, 3.05) is 0 Å². The van der Waals surface area contributed by atoms with Gasteiger partial charge in [-0.3, -0.25) is 9.78 Å². The molecule has 2 aromatic carbocycles. The summed E-state index contributed by atoms with van der Waals surface area (Å²) < 4.78 is 18.3. The molecule has 2 heterocycles. The highest BCUT2D eigenvalue weighted by molar-refractivity contribution is 5.97. The lowest BCUT2D eigenvalue weighted by Gasteiger charge is -2.05. The van der Waals surface area contributed by atoms with Gasteiger partial charge in [-0.15, -0.1) is 0 Å². The molecule has 0 bridgehead atoms. The van der Waals surface area contributed by atoms with Crippen molar-refractivity contribution in [2.24, 2.45) is 0 Å². The second-order valence-corrected chi connectivity index (χ2v) is 5.71. The van der Waals surface area contributed by atoms with Crippen LogP contribution < -0.4 is 0 Å². The fraction of sp³-hybridized carbons (Fsp3) is 0.0500. The maximum atomic E-state index is 13.0. The molecule has 122 valence electrons. The predicted octanol–water partition coefficient (Wildman–Crippen LogP) is 4.45. The molecule has 0 spiro atoms. The van der Waals surface area contributed by atoms with Gasteiger partial charge in [0, 0.05) is 28.4 Å². The molecule has 0 fully saturated rings. The normalized spacial score (nSPS) is 10.9. The summed E-state index contributed by atoms with van der Waals surface area (Å²) >= 11 is 0. The fourth-order valence-electron chi connectivity index (χ4n) is 2.70. The lowest BCUT2D eigenvalue weighted by molar-refractivity contribution is 0.0992. The van der Waals surface area contributed by atoms with Crippen LogP contribution >= 0.6 is 0 Å². The average molecular weight is 332 g/mol. The molecular formula is C20H13FN2O2. The second-order valence-electron chi connectivity index (χ2n) is 5.71. The van der Waals surface area contributed by atoms with Crippen LogP contribution in [0.2, 0.25) is 0 Å². The first-order valence-corrected chi connectivity index (χ1v) is 7.75. The highest BCUT2D eigenvalue weighted by Gasteiger charge is 2.10. The van der Waals surface area contributed by atoms with Gasteiger partial charge < -0.3 is 4.42 Å². The van der Waals surface area contributed by atoms with E-state index in [1.165, 1.54) is 30.7 Å². The lowest BCUT2D eigenvalue weighted by atomic mass is 10.0. The highest BCUT2D eigenvalue weighted by atomic mass is 19.1. The number of Topliss-reactive ketones (excluding diaryl/α,β-unsaturated/α-hetero) is 1. The van der Waals surface area contributed by atoms with Crippen LogP contribution in [0, 0.1) is 5.82 Å². The zero-order valence-corrected chi connectivity index (χ0v) is 13.1. The molecule has 5 heteroatoms. The molecule has 2 aromatic heterocycles. The van der Waals surface area contributed by atoms with Gasteiger partial charge in [-0.2, -0.15) is 0 Å². The van der Waals surface area contributed by atoms with Crippen LogP contribution in [0.5, 0.6) is 0 Å². The summed E-state index contributed by atoms with van der Waals surface area (Å²) in [5.74, 6) is 0.223. The third-order valence-electron chi connectivity index (χ3n) is 4.00. The number of rotatable bonds is 4. The number of carbonyl (C=O) groups excluding carboxylic acids is 1. The molecule has 4 rings (SSSR count). The van der Waals surface area contributed by atoms with Gasteiger partial charge in [0.1, 0.15) is 5.82 Å². The van der Waals surface area contributed by atoms with E-state index in [-0.39, 0.29) is 18.0 Å².